The second kappa shape index (κ2) is 6.78. The van der Waals surface area contributed by atoms with E-state index in [9.17, 15) is 9.90 Å². The van der Waals surface area contributed by atoms with Crippen LogP contribution in [-0.2, 0) is 11.3 Å². The molecule has 1 heterocycles. The van der Waals surface area contributed by atoms with E-state index in [2.05, 4.69) is 20.8 Å². The van der Waals surface area contributed by atoms with Gasteiger partial charge in [0.2, 0.25) is 5.91 Å². The highest BCUT2D eigenvalue weighted by atomic mass is 16.3. The Morgan fingerprint density at radius 3 is 2.80 bits per heavy atom. The molecule has 0 aliphatic heterocycles. The van der Waals surface area contributed by atoms with Crippen LogP contribution in [0, 0.1) is 5.92 Å². The van der Waals surface area contributed by atoms with E-state index in [1.807, 2.05) is 13.8 Å². The first kappa shape index (κ1) is 14.9. The van der Waals surface area contributed by atoms with Gasteiger partial charge in [-0.3, -0.25) is 4.79 Å². The van der Waals surface area contributed by atoms with Crippen LogP contribution in [0.1, 0.15) is 51.3 Å². The molecule has 1 amide bonds. The monoisotopic (exact) mass is 281 g/mol. The van der Waals surface area contributed by atoms with E-state index in [1.165, 1.54) is 17.5 Å². The summed E-state index contributed by atoms with van der Waals surface area (Å²) in [7, 11) is 0. The Hall–Kier alpha value is -1.50. The molecule has 0 bridgehead atoms. The largest absolute Gasteiger partial charge is 0.391 e. The van der Waals surface area contributed by atoms with Crippen molar-refractivity contribution in [2.75, 3.05) is 6.54 Å². The van der Waals surface area contributed by atoms with Crippen LogP contribution in [0.5, 0.6) is 0 Å². The van der Waals surface area contributed by atoms with Crippen LogP contribution in [0.4, 0.5) is 0 Å². The quantitative estimate of drug-likeness (QED) is 0.790. The van der Waals surface area contributed by atoms with E-state index in [0.29, 0.717) is 18.3 Å². The van der Waals surface area contributed by atoms with Gasteiger partial charge in [-0.15, -0.1) is 5.10 Å². The van der Waals surface area contributed by atoms with Crippen molar-refractivity contribution in [1.29, 1.82) is 0 Å². The molecule has 1 saturated carbocycles. The number of tetrazole rings is 1. The fraction of sp³-hybridized carbons (Fsp3) is 0.846. The zero-order valence-corrected chi connectivity index (χ0v) is 12.1. The summed E-state index contributed by atoms with van der Waals surface area (Å²) < 4.78 is 1.50. The van der Waals surface area contributed by atoms with Gasteiger partial charge in [0.05, 0.1) is 6.10 Å². The highest BCUT2D eigenvalue weighted by Gasteiger charge is 2.23. The summed E-state index contributed by atoms with van der Waals surface area (Å²) >= 11 is 0. The highest BCUT2D eigenvalue weighted by molar-refractivity contribution is 5.75. The zero-order valence-electron chi connectivity index (χ0n) is 12.1. The van der Waals surface area contributed by atoms with Gasteiger partial charge in [-0.05, 0) is 29.2 Å². The Morgan fingerprint density at radius 1 is 1.45 bits per heavy atom. The second-order valence-corrected chi connectivity index (χ2v) is 5.77. The molecule has 0 aromatic carbocycles. The molecule has 1 fully saturated rings. The fourth-order valence-corrected chi connectivity index (χ4v) is 2.66. The van der Waals surface area contributed by atoms with Crippen molar-refractivity contribution in [3.8, 4) is 0 Å². The summed E-state index contributed by atoms with van der Waals surface area (Å²) in [6.45, 7) is 4.36. The van der Waals surface area contributed by atoms with Crippen molar-refractivity contribution in [3.63, 3.8) is 0 Å². The lowest BCUT2D eigenvalue weighted by Crippen LogP contribution is -2.37. The maximum atomic E-state index is 11.9. The number of carbonyl (C=O) groups excluding carboxylic acids is 1. The molecule has 1 aromatic heterocycles. The van der Waals surface area contributed by atoms with Crippen molar-refractivity contribution in [2.45, 2.75) is 58.1 Å². The van der Waals surface area contributed by atoms with Crippen molar-refractivity contribution in [3.05, 3.63) is 5.82 Å². The van der Waals surface area contributed by atoms with Crippen LogP contribution < -0.4 is 5.32 Å². The molecule has 0 saturated heterocycles. The average molecular weight is 281 g/mol. The summed E-state index contributed by atoms with van der Waals surface area (Å²) in [5, 5.41) is 24.1. The Morgan fingerprint density at radius 2 is 2.15 bits per heavy atom. The normalized spacial score (nSPS) is 17.6. The minimum Gasteiger partial charge on any atom is -0.391 e. The molecule has 7 nitrogen and oxygen atoms in total. The maximum absolute atomic E-state index is 11.9. The third kappa shape index (κ3) is 3.75. The standard InChI is InChI=1S/C13H23N5O2/c1-9(2)13-15-16-17-18(13)8-12(20)14-7-11(19)10-5-3-4-6-10/h9-11,19H,3-8H2,1-2H3,(H,14,20). The number of hydrogen-bond donors (Lipinski definition) is 2. The Labute approximate surface area is 118 Å². The first-order chi connectivity index (χ1) is 9.58. The number of rotatable bonds is 6. The van der Waals surface area contributed by atoms with Gasteiger partial charge in [-0.2, -0.15) is 0 Å². The molecule has 0 spiro atoms. The first-order valence-electron chi connectivity index (χ1n) is 7.28. The molecule has 20 heavy (non-hydrogen) atoms. The summed E-state index contributed by atoms with van der Waals surface area (Å²) in [6.07, 6.45) is 4.03. The fourth-order valence-electron chi connectivity index (χ4n) is 2.66. The van der Waals surface area contributed by atoms with Crippen molar-refractivity contribution >= 4 is 5.91 Å². The third-order valence-electron chi connectivity index (χ3n) is 3.82. The Bertz CT molecular complexity index is 440. The first-order valence-corrected chi connectivity index (χ1v) is 7.28. The maximum Gasteiger partial charge on any atom is 0.241 e. The molecule has 1 unspecified atom stereocenters. The van der Waals surface area contributed by atoms with Crippen LogP contribution in [-0.4, -0.2) is 43.9 Å². The summed E-state index contributed by atoms with van der Waals surface area (Å²) in [5.74, 6) is 1.02. The van der Waals surface area contributed by atoms with Gasteiger partial charge in [0, 0.05) is 12.5 Å². The number of amides is 1. The van der Waals surface area contributed by atoms with Crippen molar-refractivity contribution < 1.29 is 9.90 Å². The predicted molar refractivity (Wildman–Crippen MR) is 72.9 cm³/mol. The number of aromatic nitrogens is 4. The molecule has 1 aromatic rings. The van der Waals surface area contributed by atoms with E-state index < -0.39 is 6.10 Å². The molecule has 2 rings (SSSR count). The van der Waals surface area contributed by atoms with Crippen LogP contribution in [0.3, 0.4) is 0 Å². The van der Waals surface area contributed by atoms with Crippen molar-refractivity contribution in [1.82, 2.24) is 25.5 Å². The predicted octanol–water partition coefficient (Wildman–Crippen LogP) is 0.464. The number of nitrogens with one attached hydrogen (secondary N) is 1. The minimum atomic E-state index is -0.445. The molecule has 112 valence electrons. The molecule has 7 heteroatoms. The molecule has 1 atom stereocenters. The van der Waals surface area contributed by atoms with Gasteiger partial charge < -0.3 is 10.4 Å². The van der Waals surface area contributed by atoms with Gasteiger partial charge in [0.25, 0.3) is 0 Å². The van der Waals surface area contributed by atoms with Gasteiger partial charge in [-0.25, -0.2) is 4.68 Å². The summed E-state index contributed by atoms with van der Waals surface area (Å²) in [5.41, 5.74) is 0. The SMILES string of the molecule is CC(C)c1nnnn1CC(=O)NCC(O)C1CCCC1. The lowest BCUT2D eigenvalue weighted by atomic mass is 10.0. The smallest absolute Gasteiger partial charge is 0.241 e. The molecular weight excluding hydrogens is 258 g/mol. The Balaban J connectivity index is 1.78. The molecular formula is C13H23N5O2. The number of hydrogen-bond acceptors (Lipinski definition) is 5. The van der Waals surface area contributed by atoms with E-state index >= 15 is 0 Å². The van der Waals surface area contributed by atoms with Crippen molar-refractivity contribution in [2.24, 2.45) is 5.92 Å². The summed E-state index contributed by atoms with van der Waals surface area (Å²) in [6, 6.07) is 0. The van der Waals surface area contributed by atoms with Gasteiger partial charge in [0.1, 0.15) is 6.54 Å². The van der Waals surface area contributed by atoms with Crippen LogP contribution in [0.25, 0.3) is 0 Å². The number of aliphatic hydroxyl groups is 1. The molecule has 2 N–H and O–H groups in total. The molecule has 1 aliphatic carbocycles. The highest BCUT2D eigenvalue weighted by Crippen LogP contribution is 2.27. The van der Waals surface area contributed by atoms with E-state index in [1.54, 1.807) is 0 Å². The van der Waals surface area contributed by atoms with Gasteiger partial charge >= 0.3 is 0 Å². The molecule has 0 radical (unpaired) electrons. The second-order valence-electron chi connectivity index (χ2n) is 5.77. The van der Waals surface area contributed by atoms with Gasteiger partial charge in [-0.1, -0.05) is 26.7 Å². The van der Waals surface area contributed by atoms with E-state index in [4.69, 9.17) is 0 Å². The topological polar surface area (TPSA) is 92.9 Å². The van der Waals surface area contributed by atoms with Crippen LogP contribution in [0.2, 0.25) is 0 Å². The number of carbonyl (C=O) groups is 1. The molecule has 1 aliphatic rings. The lowest BCUT2D eigenvalue weighted by molar-refractivity contribution is -0.122. The lowest BCUT2D eigenvalue weighted by Gasteiger charge is -2.18. The minimum absolute atomic E-state index is 0.0951. The number of nitrogens with zero attached hydrogens (tertiary/aromatic N) is 4. The third-order valence-corrected chi connectivity index (χ3v) is 3.82. The zero-order chi connectivity index (χ0) is 14.5. The van der Waals surface area contributed by atoms with E-state index in [0.717, 1.165) is 12.8 Å². The number of aliphatic hydroxyl groups excluding tert-OH is 1. The van der Waals surface area contributed by atoms with Crippen LogP contribution >= 0.6 is 0 Å². The van der Waals surface area contributed by atoms with Gasteiger partial charge in [0.15, 0.2) is 5.82 Å². The Kier molecular flexibility index (Phi) is 5.05. The van der Waals surface area contributed by atoms with E-state index in [-0.39, 0.29) is 18.4 Å². The van der Waals surface area contributed by atoms with Crippen LogP contribution in [0.15, 0.2) is 0 Å². The average Bonchev–Trinajstić information content (AvgIpc) is 3.06. The summed E-state index contributed by atoms with van der Waals surface area (Å²) in [4.78, 5) is 11.9.